The number of ketones is 1. The second kappa shape index (κ2) is 11.8. The minimum Gasteiger partial charge on any atom is -0.481 e. The fraction of sp³-hybridized carbons (Fsp3) is 0.667. The first kappa shape index (κ1) is 21.4. The average Bonchev–Trinajstić information content (AvgIpc) is 2.93. The van der Waals surface area contributed by atoms with E-state index in [9.17, 15) is 14.7 Å². The number of carboxylic acid groups (broad SMARTS) is 1. The van der Waals surface area contributed by atoms with Gasteiger partial charge in [-0.05, 0) is 50.2 Å². The van der Waals surface area contributed by atoms with E-state index in [1.807, 2.05) is 6.08 Å². The molecule has 25 heavy (non-hydrogen) atoms. The van der Waals surface area contributed by atoms with Gasteiger partial charge in [-0.1, -0.05) is 38.3 Å². The summed E-state index contributed by atoms with van der Waals surface area (Å²) in [5.74, 6) is -0.357. The Bertz CT molecular complexity index is 526. The van der Waals surface area contributed by atoms with Crippen LogP contribution in [0.3, 0.4) is 0 Å². The van der Waals surface area contributed by atoms with E-state index in [0.29, 0.717) is 18.8 Å². The van der Waals surface area contributed by atoms with E-state index in [1.54, 1.807) is 6.08 Å². The zero-order chi connectivity index (χ0) is 18.7. The van der Waals surface area contributed by atoms with Crippen molar-refractivity contribution in [1.82, 2.24) is 0 Å². The first-order valence-corrected chi connectivity index (χ1v) is 9.46. The van der Waals surface area contributed by atoms with Crippen molar-refractivity contribution < 1.29 is 19.8 Å². The Morgan fingerprint density at radius 2 is 2.16 bits per heavy atom. The van der Waals surface area contributed by atoms with Crippen molar-refractivity contribution in [3.63, 3.8) is 0 Å². The average molecular weight is 348 g/mol. The second-order valence-electron chi connectivity index (χ2n) is 6.98. The first-order valence-electron chi connectivity index (χ1n) is 9.46. The summed E-state index contributed by atoms with van der Waals surface area (Å²) in [5, 5.41) is 18.8. The number of hydrogen-bond acceptors (Lipinski definition) is 3. The van der Waals surface area contributed by atoms with Crippen molar-refractivity contribution in [1.29, 1.82) is 0 Å². The van der Waals surface area contributed by atoms with Gasteiger partial charge in [0.15, 0.2) is 0 Å². The van der Waals surface area contributed by atoms with Gasteiger partial charge in [-0.15, -0.1) is 5.73 Å². The molecule has 0 radical (unpaired) electrons. The highest BCUT2D eigenvalue weighted by molar-refractivity contribution is 5.88. The highest BCUT2D eigenvalue weighted by Gasteiger charge is 2.27. The largest absolute Gasteiger partial charge is 0.481 e. The number of carboxylic acids is 1. The zero-order valence-corrected chi connectivity index (χ0v) is 15.5. The number of unbranched alkanes of at least 4 members (excludes halogenated alkanes) is 1. The number of carbonyl (C=O) groups excluding carboxylic acids is 1. The van der Waals surface area contributed by atoms with Crippen molar-refractivity contribution in [3.8, 4) is 0 Å². The predicted octanol–water partition coefficient (Wildman–Crippen LogP) is 4.44. The van der Waals surface area contributed by atoms with E-state index >= 15 is 0 Å². The quantitative estimate of drug-likeness (QED) is 0.404. The molecular weight excluding hydrogens is 316 g/mol. The first-order chi connectivity index (χ1) is 12.0. The third-order valence-corrected chi connectivity index (χ3v) is 4.91. The van der Waals surface area contributed by atoms with Crippen LogP contribution >= 0.6 is 0 Å². The van der Waals surface area contributed by atoms with Crippen LogP contribution in [0.25, 0.3) is 0 Å². The molecule has 1 rings (SSSR count). The number of aliphatic hydroxyl groups excluding tert-OH is 1. The van der Waals surface area contributed by atoms with Gasteiger partial charge in [0.25, 0.3) is 0 Å². The summed E-state index contributed by atoms with van der Waals surface area (Å²) >= 11 is 0. The van der Waals surface area contributed by atoms with E-state index in [4.69, 9.17) is 5.11 Å². The lowest BCUT2D eigenvalue weighted by molar-refractivity contribution is -0.136. The van der Waals surface area contributed by atoms with E-state index in [-0.39, 0.29) is 24.2 Å². The summed E-state index contributed by atoms with van der Waals surface area (Å²) in [7, 11) is 0. The molecule has 0 aromatic rings. The van der Waals surface area contributed by atoms with Crippen LogP contribution in [0.15, 0.2) is 29.5 Å². The Morgan fingerprint density at radius 3 is 2.84 bits per heavy atom. The van der Waals surface area contributed by atoms with Crippen LogP contribution in [-0.4, -0.2) is 28.1 Å². The SMILES string of the molecule is CCCCC(C)[C@@H](O)CCC1=CCC(=O)[C@@H]1CCC=C=CCC(=O)O. The molecule has 0 fully saturated rings. The number of carbonyl (C=O) groups is 2. The number of rotatable bonds is 12. The molecule has 1 aliphatic carbocycles. The number of allylic oxidation sites excluding steroid dienone is 2. The standard InChI is InChI=1S/C21H32O4/c1-3-4-9-16(2)19(22)14-12-17-13-15-20(23)18(17)10-7-5-6-8-11-21(24)25/h5,8,13,16,18-19,22H,3-4,7,9-12,14-15H2,1-2H3,(H,24,25)/t6?,16?,18-,19+/m1/s1. The molecule has 0 aliphatic heterocycles. The highest BCUT2D eigenvalue weighted by atomic mass is 16.4. The van der Waals surface area contributed by atoms with E-state index in [0.717, 1.165) is 44.1 Å². The van der Waals surface area contributed by atoms with Gasteiger partial charge in [0.2, 0.25) is 0 Å². The maximum atomic E-state index is 12.1. The zero-order valence-electron chi connectivity index (χ0n) is 15.5. The van der Waals surface area contributed by atoms with Crippen molar-refractivity contribution in [3.05, 3.63) is 29.5 Å². The van der Waals surface area contributed by atoms with Gasteiger partial charge in [0.1, 0.15) is 5.78 Å². The molecule has 0 aromatic carbocycles. The molecule has 0 aromatic heterocycles. The van der Waals surface area contributed by atoms with Gasteiger partial charge in [-0.2, -0.15) is 0 Å². The minimum absolute atomic E-state index is 0.0296. The maximum absolute atomic E-state index is 12.1. The summed E-state index contributed by atoms with van der Waals surface area (Å²) in [5.41, 5.74) is 4.02. The molecule has 0 bridgehead atoms. The lowest BCUT2D eigenvalue weighted by atomic mass is 9.88. The third-order valence-electron chi connectivity index (χ3n) is 4.91. The van der Waals surface area contributed by atoms with Gasteiger partial charge >= 0.3 is 5.97 Å². The highest BCUT2D eigenvalue weighted by Crippen LogP contribution is 2.31. The van der Waals surface area contributed by atoms with Crippen LogP contribution in [-0.2, 0) is 9.59 Å². The Morgan fingerprint density at radius 1 is 1.40 bits per heavy atom. The van der Waals surface area contributed by atoms with E-state index in [2.05, 4.69) is 19.6 Å². The molecule has 2 N–H and O–H groups in total. The molecule has 0 heterocycles. The second-order valence-corrected chi connectivity index (χ2v) is 6.98. The van der Waals surface area contributed by atoms with Crippen LogP contribution < -0.4 is 0 Å². The number of Topliss-reactive ketones (excluding diaryl/α,β-unsaturated/α-hetero) is 1. The van der Waals surface area contributed by atoms with Gasteiger partial charge < -0.3 is 10.2 Å². The number of aliphatic carboxylic acids is 1. The Balaban J connectivity index is 2.41. The molecule has 140 valence electrons. The minimum atomic E-state index is -0.871. The monoisotopic (exact) mass is 348 g/mol. The molecule has 0 saturated carbocycles. The van der Waals surface area contributed by atoms with Crippen LogP contribution in [0.2, 0.25) is 0 Å². The van der Waals surface area contributed by atoms with Crippen LogP contribution in [0.5, 0.6) is 0 Å². The van der Waals surface area contributed by atoms with Gasteiger partial charge in [0.05, 0.1) is 12.5 Å². The molecule has 4 nitrogen and oxygen atoms in total. The Kier molecular flexibility index (Phi) is 10.1. The molecule has 0 spiro atoms. The molecular formula is C21H32O4. The lowest BCUT2D eigenvalue weighted by Crippen LogP contribution is -2.19. The van der Waals surface area contributed by atoms with Gasteiger partial charge in [-0.3, -0.25) is 9.59 Å². The van der Waals surface area contributed by atoms with Crippen LogP contribution in [0, 0.1) is 11.8 Å². The summed E-state index contributed by atoms with van der Waals surface area (Å²) < 4.78 is 0. The van der Waals surface area contributed by atoms with E-state index < -0.39 is 5.97 Å². The summed E-state index contributed by atoms with van der Waals surface area (Å²) in [6, 6.07) is 0. The molecule has 0 amide bonds. The number of hydrogen-bond donors (Lipinski definition) is 2. The molecule has 3 atom stereocenters. The fourth-order valence-electron chi connectivity index (χ4n) is 3.23. The normalized spacial score (nSPS) is 19.1. The predicted molar refractivity (Wildman–Crippen MR) is 99.3 cm³/mol. The summed E-state index contributed by atoms with van der Waals surface area (Å²) in [4.78, 5) is 22.5. The molecule has 4 heteroatoms. The van der Waals surface area contributed by atoms with Crippen molar-refractivity contribution >= 4 is 11.8 Å². The van der Waals surface area contributed by atoms with Crippen molar-refractivity contribution in [2.24, 2.45) is 11.8 Å². The lowest BCUT2D eigenvalue weighted by Gasteiger charge is -2.20. The molecule has 0 saturated heterocycles. The maximum Gasteiger partial charge on any atom is 0.307 e. The topological polar surface area (TPSA) is 74.6 Å². The third kappa shape index (κ3) is 8.33. The van der Waals surface area contributed by atoms with Crippen LogP contribution in [0.1, 0.15) is 71.6 Å². The Hall–Kier alpha value is -1.64. The van der Waals surface area contributed by atoms with Gasteiger partial charge in [-0.25, -0.2) is 0 Å². The fourth-order valence-corrected chi connectivity index (χ4v) is 3.23. The molecule has 1 unspecified atom stereocenters. The van der Waals surface area contributed by atoms with Crippen molar-refractivity contribution in [2.45, 2.75) is 77.7 Å². The molecule has 1 aliphatic rings. The van der Waals surface area contributed by atoms with Crippen LogP contribution in [0.4, 0.5) is 0 Å². The Labute approximate surface area is 151 Å². The van der Waals surface area contributed by atoms with E-state index in [1.165, 1.54) is 6.08 Å². The van der Waals surface area contributed by atoms with Crippen molar-refractivity contribution in [2.75, 3.05) is 0 Å². The van der Waals surface area contributed by atoms with Gasteiger partial charge in [0, 0.05) is 12.3 Å². The summed E-state index contributed by atoms with van der Waals surface area (Å²) in [6.07, 6.45) is 11.8. The summed E-state index contributed by atoms with van der Waals surface area (Å²) in [6.45, 7) is 4.25. The smallest absolute Gasteiger partial charge is 0.307 e. The number of aliphatic hydroxyl groups is 1.